The molecule has 0 spiro atoms. The molecule has 3 heteroatoms. The van der Waals surface area contributed by atoms with Gasteiger partial charge in [0.2, 0.25) is 0 Å². The minimum atomic E-state index is -1.86. The van der Waals surface area contributed by atoms with E-state index in [1.54, 1.807) is 6.07 Å². The summed E-state index contributed by atoms with van der Waals surface area (Å²) in [5.74, 6) is 0. The molecule has 1 rings (SSSR count). The van der Waals surface area contributed by atoms with Crippen molar-refractivity contribution in [2.45, 2.75) is 108 Å². The van der Waals surface area contributed by atoms with Crippen LogP contribution < -0.4 is 0 Å². The molecule has 0 aliphatic rings. The Morgan fingerprint density at radius 2 is 1.16 bits per heavy atom. The molecular formula is C22H38O2S. The molecule has 0 saturated heterocycles. The van der Waals surface area contributed by atoms with Crippen LogP contribution in [0.3, 0.4) is 0 Å². The Morgan fingerprint density at radius 3 is 1.64 bits per heavy atom. The van der Waals surface area contributed by atoms with Crippen LogP contribution in [0.1, 0.15) is 102 Å². The van der Waals surface area contributed by atoms with E-state index in [1.807, 2.05) is 18.2 Å². The first-order chi connectivity index (χ1) is 12.3. The second kappa shape index (κ2) is 15.6. The molecule has 0 radical (unpaired) electrons. The van der Waals surface area contributed by atoms with Gasteiger partial charge in [-0.3, -0.25) is 0 Å². The molecule has 2 nitrogen and oxygen atoms in total. The van der Waals surface area contributed by atoms with E-state index in [9.17, 15) is 8.76 Å². The van der Waals surface area contributed by atoms with Crippen molar-refractivity contribution in [3.05, 3.63) is 29.8 Å². The molecule has 0 aliphatic carbocycles. The highest BCUT2D eigenvalue weighted by Gasteiger charge is 2.06. The molecule has 1 unspecified atom stereocenters. The summed E-state index contributed by atoms with van der Waals surface area (Å²) in [6, 6.07) is 7.52. The summed E-state index contributed by atoms with van der Waals surface area (Å²) < 4.78 is 20.6. The topological polar surface area (TPSA) is 37.3 Å². The number of hydrogen-bond acceptors (Lipinski definition) is 1. The van der Waals surface area contributed by atoms with E-state index in [-0.39, 0.29) is 0 Å². The molecule has 1 aromatic rings. The van der Waals surface area contributed by atoms with Crippen LogP contribution in [-0.2, 0) is 17.5 Å². The van der Waals surface area contributed by atoms with Crippen LogP contribution in [0.4, 0.5) is 0 Å². The second-order valence-electron chi connectivity index (χ2n) is 7.20. The fourth-order valence-corrected chi connectivity index (χ4v) is 3.98. The monoisotopic (exact) mass is 366 g/mol. The van der Waals surface area contributed by atoms with E-state index in [0.29, 0.717) is 4.90 Å². The van der Waals surface area contributed by atoms with Gasteiger partial charge >= 0.3 is 0 Å². The summed E-state index contributed by atoms with van der Waals surface area (Å²) >= 11 is -1.86. The maximum absolute atomic E-state index is 11.3. The molecular weight excluding hydrogens is 328 g/mol. The summed E-state index contributed by atoms with van der Waals surface area (Å²) in [4.78, 5) is 0.581. The summed E-state index contributed by atoms with van der Waals surface area (Å²) in [5.41, 5.74) is 1.03. The van der Waals surface area contributed by atoms with Crippen molar-refractivity contribution < 1.29 is 8.76 Å². The molecule has 25 heavy (non-hydrogen) atoms. The van der Waals surface area contributed by atoms with Crippen molar-refractivity contribution in [1.82, 2.24) is 0 Å². The van der Waals surface area contributed by atoms with E-state index in [0.717, 1.165) is 18.4 Å². The molecule has 0 aliphatic heterocycles. The first-order valence-corrected chi connectivity index (χ1v) is 11.5. The number of hydrogen-bond donors (Lipinski definition) is 1. The van der Waals surface area contributed by atoms with Gasteiger partial charge < -0.3 is 4.55 Å². The normalized spacial score (nSPS) is 12.4. The largest absolute Gasteiger partial charge is 0.302 e. The van der Waals surface area contributed by atoms with Crippen LogP contribution in [0, 0.1) is 0 Å². The highest BCUT2D eigenvalue weighted by atomic mass is 32.2. The number of aryl methyl sites for hydroxylation is 1. The summed E-state index contributed by atoms with van der Waals surface area (Å²) in [6.45, 7) is 2.27. The van der Waals surface area contributed by atoms with Crippen LogP contribution in [0.2, 0.25) is 0 Å². The molecule has 1 atom stereocenters. The predicted octanol–water partition coefficient (Wildman–Crippen LogP) is 7.29. The van der Waals surface area contributed by atoms with Crippen LogP contribution >= 0.6 is 0 Å². The summed E-state index contributed by atoms with van der Waals surface area (Å²) in [6.07, 6.45) is 19.9. The van der Waals surface area contributed by atoms with Gasteiger partial charge in [0.1, 0.15) is 0 Å². The Hall–Kier alpha value is -0.670. The zero-order chi connectivity index (χ0) is 18.2. The SMILES string of the molecule is CCCCCCCCCCCCCCCCc1ccccc1S(=O)O. The smallest absolute Gasteiger partial charge is 0.186 e. The fraction of sp³-hybridized carbons (Fsp3) is 0.727. The van der Waals surface area contributed by atoms with E-state index < -0.39 is 11.1 Å². The number of benzene rings is 1. The molecule has 0 saturated carbocycles. The molecule has 0 amide bonds. The van der Waals surface area contributed by atoms with Crippen LogP contribution in [0.5, 0.6) is 0 Å². The average Bonchev–Trinajstić information content (AvgIpc) is 2.62. The van der Waals surface area contributed by atoms with E-state index in [2.05, 4.69) is 6.92 Å². The average molecular weight is 367 g/mol. The van der Waals surface area contributed by atoms with Gasteiger partial charge in [-0.2, -0.15) is 0 Å². The Kier molecular flexibility index (Phi) is 13.9. The van der Waals surface area contributed by atoms with Gasteiger partial charge in [-0.15, -0.1) is 0 Å². The van der Waals surface area contributed by atoms with Gasteiger partial charge in [0.15, 0.2) is 11.1 Å². The lowest BCUT2D eigenvalue weighted by Crippen LogP contribution is -1.96. The van der Waals surface area contributed by atoms with Gasteiger partial charge in [0.25, 0.3) is 0 Å². The van der Waals surface area contributed by atoms with Crippen molar-refractivity contribution >= 4 is 11.1 Å². The minimum absolute atomic E-state index is 0.581. The van der Waals surface area contributed by atoms with Crippen molar-refractivity contribution in [3.63, 3.8) is 0 Å². The lowest BCUT2D eigenvalue weighted by molar-refractivity contribution is 0.535. The first kappa shape index (κ1) is 22.4. The summed E-state index contributed by atoms with van der Waals surface area (Å²) in [5, 5.41) is 0. The van der Waals surface area contributed by atoms with E-state index >= 15 is 0 Å². The lowest BCUT2D eigenvalue weighted by Gasteiger charge is -2.06. The van der Waals surface area contributed by atoms with Crippen molar-refractivity contribution in [1.29, 1.82) is 0 Å². The Morgan fingerprint density at radius 1 is 0.720 bits per heavy atom. The lowest BCUT2D eigenvalue weighted by atomic mass is 10.0. The summed E-state index contributed by atoms with van der Waals surface area (Å²) in [7, 11) is 0. The second-order valence-corrected chi connectivity index (χ2v) is 8.14. The van der Waals surface area contributed by atoms with Crippen LogP contribution in [0.25, 0.3) is 0 Å². The highest BCUT2D eigenvalue weighted by Crippen LogP contribution is 2.17. The number of unbranched alkanes of at least 4 members (excludes halogenated alkanes) is 13. The van der Waals surface area contributed by atoms with Gasteiger partial charge in [-0.25, -0.2) is 4.21 Å². The molecule has 0 aromatic heterocycles. The standard InChI is InChI=1S/C22H38O2S/c1-2-3-4-5-6-7-8-9-10-11-12-13-14-15-18-21-19-16-17-20-22(21)25(23)24/h16-17,19-20H,2-15,18H2,1H3,(H,23,24). The Balaban J connectivity index is 1.90. The quantitative estimate of drug-likeness (QED) is 0.246. The molecule has 1 N–H and O–H groups in total. The van der Waals surface area contributed by atoms with Gasteiger partial charge in [0.05, 0.1) is 4.90 Å². The molecule has 1 aromatic carbocycles. The predicted molar refractivity (Wildman–Crippen MR) is 109 cm³/mol. The van der Waals surface area contributed by atoms with E-state index in [4.69, 9.17) is 0 Å². The molecule has 0 fully saturated rings. The maximum Gasteiger partial charge on any atom is 0.186 e. The van der Waals surface area contributed by atoms with Crippen molar-refractivity contribution in [2.75, 3.05) is 0 Å². The first-order valence-electron chi connectivity index (χ1n) is 10.4. The van der Waals surface area contributed by atoms with Crippen LogP contribution in [0.15, 0.2) is 29.2 Å². The third kappa shape index (κ3) is 11.5. The zero-order valence-electron chi connectivity index (χ0n) is 16.2. The van der Waals surface area contributed by atoms with Gasteiger partial charge in [-0.05, 0) is 24.5 Å². The Labute approximate surface area is 158 Å². The van der Waals surface area contributed by atoms with Gasteiger partial charge in [-0.1, -0.05) is 109 Å². The van der Waals surface area contributed by atoms with Gasteiger partial charge in [0, 0.05) is 0 Å². The molecule has 0 heterocycles. The number of rotatable bonds is 16. The maximum atomic E-state index is 11.3. The van der Waals surface area contributed by atoms with Crippen molar-refractivity contribution in [2.24, 2.45) is 0 Å². The molecule has 0 bridgehead atoms. The third-order valence-electron chi connectivity index (χ3n) is 4.96. The third-order valence-corrected chi connectivity index (χ3v) is 5.73. The highest BCUT2D eigenvalue weighted by molar-refractivity contribution is 7.79. The Bertz CT molecular complexity index is 459. The zero-order valence-corrected chi connectivity index (χ0v) is 17.0. The fourth-order valence-electron chi connectivity index (χ4n) is 3.39. The molecule has 144 valence electrons. The van der Waals surface area contributed by atoms with E-state index in [1.165, 1.54) is 83.5 Å². The minimum Gasteiger partial charge on any atom is -0.302 e. The van der Waals surface area contributed by atoms with Crippen molar-refractivity contribution in [3.8, 4) is 0 Å². The van der Waals surface area contributed by atoms with Crippen LogP contribution in [-0.4, -0.2) is 8.76 Å².